The number of benzene rings is 1. The van der Waals surface area contributed by atoms with Gasteiger partial charge in [-0.25, -0.2) is 0 Å². The van der Waals surface area contributed by atoms with Gasteiger partial charge < -0.3 is 21.7 Å². The van der Waals surface area contributed by atoms with Gasteiger partial charge in [0.1, 0.15) is 5.75 Å². The van der Waals surface area contributed by atoms with Gasteiger partial charge in [0.05, 0.1) is 12.1 Å². The van der Waals surface area contributed by atoms with E-state index in [0.717, 1.165) is 5.56 Å². The molecule has 8 heteroatoms. The number of rotatable bonds is 7. The first-order valence-corrected chi connectivity index (χ1v) is 6.44. The second-order valence-corrected chi connectivity index (χ2v) is 4.68. The van der Waals surface area contributed by atoms with Crippen LogP contribution >= 0.6 is 0 Å². The molecular formula is C14H16N4O4. The number of Topliss-reactive ketones (excluding diaryl/α,β-unsaturated/α-hetero) is 2. The highest BCUT2D eigenvalue weighted by molar-refractivity contribution is 6.59. The van der Waals surface area contributed by atoms with Gasteiger partial charge >= 0.3 is 12.0 Å². The Kier molecular flexibility index (Phi) is 6.12. The topological polar surface area (TPSA) is 146 Å². The summed E-state index contributed by atoms with van der Waals surface area (Å²) in [6.07, 6.45) is 0.667. The maximum atomic E-state index is 11.9. The molecule has 0 radical (unpaired) electrons. The van der Waals surface area contributed by atoms with Crippen LogP contribution in [0.2, 0.25) is 0 Å². The molecule has 0 spiro atoms. The molecule has 0 heterocycles. The van der Waals surface area contributed by atoms with Gasteiger partial charge in [-0.2, -0.15) is 4.79 Å². The second kappa shape index (κ2) is 7.82. The van der Waals surface area contributed by atoms with E-state index in [1.807, 2.05) is 0 Å². The van der Waals surface area contributed by atoms with Gasteiger partial charge in [-0.05, 0) is 31.0 Å². The minimum Gasteiger partial charge on any atom is -0.508 e. The fourth-order valence-electron chi connectivity index (χ4n) is 1.69. The summed E-state index contributed by atoms with van der Waals surface area (Å²) < 4.78 is 0. The quantitative estimate of drug-likeness (QED) is 0.261. The molecule has 0 aliphatic rings. The lowest BCUT2D eigenvalue weighted by Crippen LogP contribution is -2.49. The number of hydrogen-bond acceptors (Lipinski definition) is 5. The first-order chi connectivity index (χ1) is 10.3. The van der Waals surface area contributed by atoms with Gasteiger partial charge in [0.2, 0.25) is 11.7 Å². The van der Waals surface area contributed by atoms with E-state index < -0.39 is 29.6 Å². The number of nitrogens with one attached hydrogen (secondary N) is 1. The summed E-state index contributed by atoms with van der Waals surface area (Å²) in [7, 11) is 0. The number of nitrogens with zero attached hydrogens (tertiary/aromatic N) is 2. The van der Waals surface area contributed by atoms with Crippen LogP contribution in [0.1, 0.15) is 12.5 Å². The number of carbonyl (C=O) groups excluding carboxylic acids is 3. The smallest absolute Gasteiger partial charge is 0.331 e. The average Bonchev–Trinajstić information content (AvgIpc) is 2.48. The van der Waals surface area contributed by atoms with Crippen LogP contribution in [0.5, 0.6) is 5.75 Å². The summed E-state index contributed by atoms with van der Waals surface area (Å²) in [5, 5.41) is 11.5. The van der Waals surface area contributed by atoms with Gasteiger partial charge in [-0.1, -0.05) is 12.1 Å². The third-order valence-corrected chi connectivity index (χ3v) is 2.90. The maximum absolute atomic E-state index is 11.9. The summed E-state index contributed by atoms with van der Waals surface area (Å²) in [4.78, 5) is 37.1. The Labute approximate surface area is 126 Å². The van der Waals surface area contributed by atoms with Crippen molar-refractivity contribution in [1.29, 1.82) is 0 Å². The summed E-state index contributed by atoms with van der Waals surface area (Å²) in [5.41, 5.74) is 14.7. The summed E-state index contributed by atoms with van der Waals surface area (Å²) >= 11 is 0. The van der Waals surface area contributed by atoms with Crippen LogP contribution < -0.4 is 11.1 Å². The Morgan fingerprint density at radius 1 is 1.36 bits per heavy atom. The molecule has 0 saturated carbocycles. The SMILES string of the molecule is C[C@H](NC(=O)[C@@H](N)Cc1ccc(O)cc1)C(=O)C(=O)C=[N+]=[N-]. The molecule has 2 atom stereocenters. The number of phenolic OH excluding ortho intramolecular Hbond substituents is 1. The zero-order valence-corrected chi connectivity index (χ0v) is 11.9. The molecule has 0 aromatic heterocycles. The fourth-order valence-corrected chi connectivity index (χ4v) is 1.69. The van der Waals surface area contributed by atoms with Crippen LogP contribution in [0.15, 0.2) is 24.3 Å². The number of nitrogens with two attached hydrogens (primary N) is 1. The number of aromatic hydroxyl groups is 1. The third-order valence-electron chi connectivity index (χ3n) is 2.90. The Morgan fingerprint density at radius 2 is 1.95 bits per heavy atom. The monoisotopic (exact) mass is 304 g/mol. The van der Waals surface area contributed by atoms with E-state index in [-0.39, 0.29) is 12.2 Å². The van der Waals surface area contributed by atoms with Gasteiger partial charge in [-0.15, -0.1) is 0 Å². The van der Waals surface area contributed by atoms with Crippen molar-refractivity contribution in [3.8, 4) is 5.75 Å². The molecule has 4 N–H and O–H groups in total. The van der Waals surface area contributed by atoms with E-state index in [0.29, 0.717) is 6.21 Å². The van der Waals surface area contributed by atoms with Crippen molar-refractivity contribution in [1.82, 2.24) is 5.32 Å². The Hall–Kier alpha value is -2.83. The van der Waals surface area contributed by atoms with Crippen molar-refractivity contribution in [3.63, 3.8) is 0 Å². The van der Waals surface area contributed by atoms with Crippen LogP contribution in [-0.2, 0) is 20.8 Å². The van der Waals surface area contributed by atoms with Gasteiger partial charge in [0.15, 0.2) is 0 Å². The standard InChI is InChI=1S/C14H16N4O4/c1-8(13(21)12(20)7-17-16)18-14(22)11(15)6-9-2-4-10(19)5-3-9/h2-5,7-8,11,19H,6,15H2,1H3,(H,18,22)/t8-,11-/m0/s1. The van der Waals surface area contributed by atoms with Gasteiger partial charge in [0, 0.05) is 0 Å². The largest absolute Gasteiger partial charge is 0.508 e. The van der Waals surface area contributed by atoms with Crippen molar-refractivity contribution in [2.24, 2.45) is 5.73 Å². The summed E-state index contributed by atoms with van der Waals surface area (Å²) in [6.45, 7) is 1.33. The van der Waals surface area contributed by atoms with Gasteiger partial charge in [-0.3, -0.25) is 14.4 Å². The van der Waals surface area contributed by atoms with E-state index in [1.165, 1.54) is 19.1 Å². The maximum Gasteiger partial charge on any atom is 0.331 e. The minimum atomic E-state index is -1.08. The zero-order chi connectivity index (χ0) is 16.7. The molecule has 0 bridgehead atoms. The molecule has 22 heavy (non-hydrogen) atoms. The van der Waals surface area contributed by atoms with E-state index in [2.05, 4.69) is 10.1 Å². The van der Waals surface area contributed by atoms with Crippen molar-refractivity contribution < 1.29 is 24.3 Å². The predicted molar refractivity (Wildman–Crippen MR) is 77.1 cm³/mol. The van der Waals surface area contributed by atoms with E-state index in [1.54, 1.807) is 12.1 Å². The van der Waals surface area contributed by atoms with Crippen LogP contribution in [0.25, 0.3) is 5.53 Å². The lowest BCUT2D eigenvalue weighted by Gasteiger charge is -2.15. The van der Waals surface area contributed by atoms with Crippen molar-refractivity contribution >= 4 is 23.7 Å². The highest BCUT2D eigenvalue weighted by Gasteiger charge is 2.25. The van der Waals surface area contributed by atoms with Crippen LogP contribution in [0, 0.1) is 0 Å². The van der Waals surface area contributed by atoms with Crippen molar-refractivity contribution in [2.45, 2.75) is 25.4 Å². The lowest BCUT2D eigenvalue weighted by atomic mass is 10.0. The highest BCUT2D eigenvalue weighted by Crippen LogP contribution is 2.10. The fraction of sp³-hybridized carbons (Fsp3) is 0.286. The molecule has 0 aliphatic heterocycles. The van der Waals surface area contributed by atoms with Gasteiger partial charge in [0.25, 0.3) is 0 Å². The molecule has 0 saturated heterocycles. The average molecular weight is 304 g/mol. The molecule has 0 aliphatic carbocycles. The molecule has 1 aromatic carbocycles. The van der Waals surface area contributed by atoms with E-state index >= 15 is 0 Å². The molecule has 1 amide bonds. The summed E-state index contributed by atoms with van der Waals surface area (Å²) in [5.74, 6) is -2.43. The molecule has 1 rings (SSSR count). The van der Waals surface area contributed by atoms with E-state index in [9.17, 15) is 14.4 Å². The van der Waals surface area contributed by atoms with E-state index in [4.69, 9.17) is 16.4 Å². The second-order valence-electron chi connectivity index (χ2n) is 4.68. The molecule has 1 aromatic rings. The predicted octanol–water partition coefficient (Wildman–Crippen LogP) is -0.794. The third kappa shape index (κ3) is 4.93. The number of hydrogen-bond donors (Lipinski definition) is 3. The first kappa shape index (κ1) is 17.2. The lowest BCUT2D eigenvalue weighted by molar-refractivity contribution is -0.136. The van der Waals surface area contributed by atoms with Crippen LogP contribution in [-0.4, -0.2) is 45.7 Å². The van der Waals surface area contributed by atoms with Crippen molar-refractivity contribution in [3.05, 3.63) is 35.4 Å². The molecule has 0 unspecified atom stereocenters. The number of amides is 1. The normalized spacial score (nSPS) is 12.6. The number of ketones is 2. The summed E-state index contributed by atoms with van der Waals surface area (Å²) in [6, 6.07) is 4.19. The number of phenols is 1. The zero-order valence-electron chi connectivity index (χ0n) is 11.9. The van der Waals surface area contributed by atoms with Crippen LogP contribution in [0.3, 0.4) is 0 Å². The molecular weight excluding hydrogens is 288 g/mol. The van der Waals surface area contributed by atoms with Crippen LogP contribution in [0.4, 0.5) is 0 Å². The first-order valence-electron chi connectivity index (χ1n) is 6.44. The minimum absolute atomic E-state index is 0.102. The Bertz CT molecular complexity index is 620. The Morgan fingerprint density at radius 3 is 2.50 bits per heavy atom. The van der Waals surface area contributed by atoms with Crippen molar-refractivity contribution in [2.75, 3.05) is 0 Å². The molecule has 8 nitrogen and oxygen atoms in total. The Balaban J connectivity index is 2.60. The molecule has 0 fully saturated rings. The highest BCUT2D eigenvalue weighted by atomic mass is 16.3. The molecule has 116 valence electrons. The number of carbonyl (C=O) groups is 3.